The Morgan fingerprint density at radius 1 is 0.966 bits per heavy atom. The van der Waals surface area contributed by atoms with E-state index in [0.717, 1.165) is 11.3 Å². The summed E-state index contributed by atoms with van der Waals surface area (Å²) in [5.74, 6) is -0.289. The molecule has 0 aliphatic rings. The van der Waals surface area contributed by atoms with Crippen molar-refractivity contribution in [3.8, 4) is 5.75 Å². The van der Waals surface area contributed by atoms with Crippen molar-refractivity contribution in [2.75, 3.05) is 24.9 Å². The second-order valence-electron chi connectivity index (χ2n) is 6.25. The van der Waals surface area contributed by atoms with E-state index in [1.54, 1.807) is 43.5 Å². The Bertz CT molecular complexity index is 1050. The number of anilines is 3. The molecule has 0 saturated carbocycles. The van der Waals surface area contributed by atoms with Crippen molar-refractivity contribution in [1.29, 1.82) is 0 Å². The molecule has 0 atom stereocenters. The number of pyridine rings is 1. The van der Waals surface area contributed by atoms with Crippen LogP contribution >= 0.6 is 0 Å². The fourth-order valence-electron chi connectivity index (χ4n) is 2.77. The highest BCUT2D eigenvalue weighted by Gasteiger charge is 2.15. The number of para-hydroxylation sites is 1. The lowest BCUT2D eigenvalue weighted by Crippen LogP contribution is -2.16. The van der Waals surface area contributed by atoms with Crippen molar-refractivity contribution < 1.29 is 19.1 Å². The number of aryl methyl sites for hydroxylation is 1. The smallest absolute Gasteiger partial charge is 0.339 e. The van der Waals surface area contributed by atoms with Crippen LogP contribution in [0.3, 0.4) is 0 Å². The average Bonchev–Trinajstić information content (AvgIpc) is 2.74. The normalized spacial score (nSPS) is 10.2. The van der Waals surface area contributed by atoms with Gasteiger partial charge in [-0.05, 0) is 48.9 Å². The Labute approximate surface area is 168 Å². The van der Waals surface area contributed by atoms with Crippen LogP contribution in [0.4, 0.5) is 17.1 Å². The zero-order chi connectivity index (χ0) is 20.8. The molecule has 29 heavy (non-hydrogen) atoms. The molecule has 0 spiro atoms. The standard InChI is InChI=1S/C22H21N3O4/c1-14-8-9-20(28-2)18(12-14)24-15-10-11-23-19(13-15)21(26)25-17-7-5-4-6-16(17)22(27)29-3/h4-13H,1-3H3,(H,23,24)(H,25,26). The number of ether oxygens (including phenoxy) is 2. The molecular weight excluding hydrogens is 370 g/mol. The molecule has 2 aromatic carbocycles. The van der Waals surface area contributed by atoms with E-state index in [-0.39, 0.29) is 11.3 Å². The van der Waals surface area contributed by atoms with Gasteiger partial charge < -0.3 is 20.1 Å². The van der Waals surface area contributed by atoms with E-state index in [0.29, 0.717) is 17.1 Å². The van der Waals surface area contributed by atoms with Crippen LogP contribution < -0.4 is 15.4 Å². The van der Waals surface area contributed by atoms with Gasteiger partial charge in [0.25, 0.3) is 5.91 Å². The molecular formula is C22H21N3O4. The summed E-state index contributed by atoms with van der Waals surface area (Å²) in [6.07, 6.45) is 1.53. The number of aromatic nitrogens is 1. The van der Waals surface area contributed by atoms with Gasteiger partial charge in [0.2, 0.25) is 0 Å². The molecule has 0 aliphatic carbocycles. The predicted octanol–water partition coefficient (Wildman–Crippen LogP) is 4.18. The topological polar surface area (TPSA) is 89.5 Å². The van der Waals surface area contributed by atoms with Crippen LogP contribution in [-0.4, -0.2) is 31.1 Å². The molecule has 0 fully saturated rings. The van der Waals surface area contributed by atoms with Gasteiger partial charge >= 0.3 is 5.97 Å². The first-order valence-corrected chi connectivity index (χ1v) is 8.88. The minimum Gasteiger partial charge on any atom is -0.495 e. The lowest BCUT2D eigenvalue weighted by Gasteiger charge is -2.13. The van der Waals surface area contributed by atoms with Gasteiger partial charge in [-0.25, -0.2) is 4.79 Å². The van der Waals surface area contributed by atoms with Gasteiger partial charge in [0.05, 0.1) is 31.2 Å². The minimum atomic E-state index is -0.532. The summed E-state index contributed by atoms with van der Waals surface area (Å²) in [5, 5.41) is 5.95. The van der Waals surface area contributed by atoms with E-state index in [9.17, 15) is 9.59 Å². The van der Waals surface area contributed by atoms with Gasteiger partial charge in [-0.1, -0.05) is 18.2 Å². The highest BCUT2D eigenvalue weighted by molar-refractivity contribution is 6.07. The van der Waals surface area contributed by atoms with Crippen molar-refractivity contribution in [2.24, 2.45) is 0 Å². The summed E-state index contributed by atoms with van der Waals surface area (Å²) in [7, 11) is 2.89. The Kier molecular flexibility index (Phi) is 6.09. The van der Waals surface area contributed by atoms with Crippen molar-refractivity contribution in [1.82, 2.24) is 4.98 Å². The van der Waals surface area contributed by atoms with Crippen LogP contribution in [0.15, 0.2) is 60.8 Å². The van der Waals surface area contributed by atoms with Crippen LogP contribution in [0, 0.1) is 6.92 Å². The number of carbonyl (C=O) groups is 2. The number of nitrogens with one attached hydrogen (secondary N) is 2. The largest absolute Gasteiger partial charge is 0.495 e. The zero-order valence-electron chi connectivity index (χ0n) is 16.4. The van der Waals surface area contributed by atoms with Crippen LogP contribution in [0.1, 0.15) is 26.4 Å². The minimum absolute atomic E-state index is 0.196. The summed E-state index contributed by atoms with van der Waals surface area (Å²) in [5.41, 5.74) is 3.34. The van der Waals surface area contributed by atoms with E-state index in [1.165, 1.54) is 13.3 Å². The molecule has 1 heterocycles. The molecule has 7 heteroatoms. The molecule has 148 valence electrons. The summed E-state index contributed by atoms with van der Waals surface area (Å²) >= 11 is 0. The molecule has 3 aromatic rings. The number of nitrogens with zero attached hydrogens (tertiary/aromatic N) is 1. The number of benzene rings is 2. The summed E-state index contributed by atoms with van der Waals surface area (Å²) in [6.45, 7) is 1.98. The highest BCUT2D eigenvalue weighted by Crippen LogP contribution is 2.28. The van der Waals surface area contributed by atoms with Crippen LogP contribution in [0.2, 0.25) is 0 Å². The Morgan fingerprint density at radius 2 is 1.76 bits per heavy atom. The van der Waals surface area contributed by atoms with Crippen molar-refractivity contribution in [3.63, 3.8) is 0 Å². The third-order valence-electron chi connectivity index (χ3n) is 4.21. The van der Waals surface area contributed by atoms with Gasteiger partial charge in [0.1, 0.15) is 11.4 Å². The number of carbonyl (C=O) groups excluding carboxylic acids is 2. The number of rotatable bonds is 6. The maximum absolute atomic E-state index is 12.7. The number of amides is 1. The fourth-order valence-corrected chi connectivity index (χ4v) is 2.77. The first-order valence-electron chi connectivity index (χ1n) is 8.88. The van der Waals surface area contributed by atoms with Crippen molar-refractivity contribution in [2.45, 2.75) is 6.92 Å². The lowest BCUT2D eigenvalue weighted by molar-refractivity contribution is 0.0602. The molecule has 0 aliphatic heterocycles. The van der Waals surface area contributed by atoms with Gasteiger partial charge in [-0.3, -0.25) is 9.78 Å². The Hall–Kier alpha value is -3.87. The molecule has 1 amide bonds. The summed E-state index contributed by atoms with van der Waals surface area (Å²) in [6, 6.07) is 15.8. The second-order valence-corrected chi connectivity index (χ2v) is 6.25. The summed E-state index contributed by atoms with van der Waals surface area (Å²) < 4.78 is 10.1. The second kappa shape index (κ2) is 8.88. The first kappa shape index (κ1) is 19.9. The zero-order valence-corrected chi connectivity index (χ0v) is 16.4. The van der Waals surface area contributed by atoms with Crippen LogP contribution in [0.5, 0.6) is 5.75 Å². The van der Waals surface area contributed by atoms with E-state index in [4.69, 9.17) is 9.47 Å². The number of hydrogen-bond acceptors (Lipinski definition) is 6. The third kappa shape index (κ3) is 4.70. The molecule has 2 N–H and O–H groups in total. The van der Waals surface area contributed by atoms with Gasteiger partial charge in [-0.15, -0.1) is 0 Å². The predicted molar refractivity (Wildman–Crippen MR) is 111 cm³/mol. The molecule has 0 unspecified atom stereocenters. The fraction of sp³-hybridized carbons (Fsp3) is 0.136. The highest BCUT2D eigenvalue weighted by atomic mass is 16.5. The van der Waals surface area contributed by atoms with E-state index in [2.05, 4.69) is 15.6 Å². The van der Waals surface area contributed by atoms with E-state index >= 15 is 0 Å². The average molecular weight is 391 g/mol. The Balaban J connectivity index is 1.83. The van der Waals surface area contributed by atoms with Crippen LogP contribution in [0.25, 0.3) is 0 Å². The number of methoxy groups -OCH3 is 2. The molecule has 0 bridgehead atoms. The quantitative estimate of drug-likeness (QED) is 0.613. The monoisotopic (exact) mass is 391 g/mol. The SMILES string of the molecule is COC(=O)c1ccccc1NC(=O)c1cc(Nc2cc(C)ccc2OC)ccn1. The summed E-state index contributed by atoms with van der Waals surface area (Å²) in [4.78, 5) is 28.7. The van der Waals surface area contributed by atoms with E-state index < -0.39 is 11.9 Å². The van der Waals surface area contributed by atoms with E-state index in [1.807, 2.05) is 25.1 Å². The van der Waals surface area contributed by atoms with Gasteiger partial charge in [0.15, 0.2) is 0 Å². The number of esters is 1. The maximum Gasteiger partial charge on any atom is 0.339 e. The number of hydrogen-bond donors (Lipinski definition) is 2. The molecule has 3 rings (SSSR count). The molecule has 1 aromatic heterocycles. The lowest BCUT2D eigenvalue weighted by atomic mass is 10.1. The van der Waals surface area contributed by atoms with Gasteiger partial charge in [-0.2, -0.15) is 0 Å². The first-order chi connectivity index (χ1) is 14.0. The van der Waals surface area contributed by atoms with Crippen molar-refractivity contribution >= 4 is 28.9 Å². The Morgan fingerprint density at radius 3 is 2.52 bits per heavy atom. The van der Waals surface area contributed by atoms with Crippen molar-refractivity contribution in [3.05, 3.63) is 77.6 Å². The van der Waals surface area contributed by atoms with Crippen LogP contribution in [-0.2, 0) is 4.74 Å². The molecule has 0 radical (unpaired) electrons. The maximum atomic E-state index is 12.7. The molecule has 0 saturated heterocycles. The molecule has 7 nitrogen and oxygen atoms in total. The van der Waals surface area contributed by atoms with Gasteiger partial charge in [0, 0.05) is 11.9 Å². The third-order valence-corrected chi connectivity index (χ3v) is 4.21.